The minimum Gasteiger partial charge on any atom is -0.481 e. The average Bonchev–Trinajstić information content (AvgIpc) is 3.15. The van der Waals surface area contributed by atoms with Gasteiger partial charge in [-0.15, -0.1) is 0 Å². The average molecular weight is 311 g/mol. The quantitative estimate of drug-likeness (QED) is 0.847. The highest BCUT2D eigenvalue weighted by atomic mass is 32.2. The number of carbonyl (C=O) groups is 1. The summed E-state index contributed by atoms with van der Waals surface area (Å²) >= 11 is 0. The summed E-state index contributed by atoms with van der Waals surface area (Å²) in [5, 5.41) is 18.7. The van der Waals surface area contributed by atoms with E-state index >= 15 is 0 Å². The first-order valence-corrected chi connectivity index (χ1v) is 8.32. The Morgan fingerprint density at radius 2 is 1.86 bits per heavy atom. The van der Waals surface area contributed by atoms with Gasteiger partial charge in [0.05, 0.1) is 16.4 Å². The molecule has 1 heterocycles. The summed E-state index contributed by atoms with van der Waals surface area (Å²) in [6.07, 6.45) is 1.01. The number of hydrogen-bond acceptors (Lipinski definition) is 4. The van der Waals surface area contributed by atoms with Crippen molar-refractivity contribution in [2.24, 2.45) is 0 Å². The summed E-state index contributed by atoms with van der Waals surface area (Å²) < 4.78 is 26.0. The van der Waals surface area contributed by atoms with Gasteiger partial charge in [0.15, 0.2) is 0 Å². The number of carboxylic acid groups (broad SMARTS) is 1. The third-order valence-corrected chi connectivity index (χ3v) is 6.21. The molecular formula is C14H17NO5S. The first-order valence-electron chi connectivity index (χ1n) is 6.88. The van der Waals surface area contributed by atoms with Crippen molar-refractivity contribution < 1.29 is 23.4 Å². The zero-order valence-electron chi connectivity index (χ0n) is 11.4. The van der Waals surface area contributed by atoms with E-state index in [4.69, 9.17) is 0 Å². The lowest BCUT2D eigenvalue weighted by molar-refractivity contribution is -0.140. The molecule has 1 aromatic rings. The van der Waals surface area contributed by atoms with Crippen molar-refractivity contribution in [1.82, 2.24) is 4.31 Å². The first-order chi connectivity index (χ1) is 9.86. The molecule has 0 aromatic heterocycles. The van der Waals surface area contributed by atoms with Crippen molar-refractivity contribution in [3.63, 3.8) is 0 Å². The third-order valence-electron chi connectivity index (χ3n) is 4.33. The largest absolute Gasteiger partial charge is 0.481 e. The van der Waals surface area contributed by atoms with Crippen LogP contribution in [0.2, 0.25) is 0 Å². The molecule has 0 radical (unpaired) electrons. The highest BCUT2D eigenvalue weighted by Gasteiger charge is 2.51. The van der Waals surface area contributed by atoms with E-state index in [-0.39, 0.29) is 11.4 Å². The highest BCUT2D eigenvalue weighted by Crippen LogP contribution is 2.48. The van der Waals surface area contributed by atoms with Crippen molar-refractivity contribution in [1.29, 1.82) is 0 Å². The Morgan fingerprint density at radius 1 is 1.24 bits per heavy atom. The van der Waals surface area contributed by atoms with Gasteiger partial charge in [0.1, 0.15) is 0 Å². The molecule has 1 atom stereocenters. The van der Waals surface area contributed by atoms with E-state index < -0.39 is 27.5 Å². The summed E-state index contributed by atoms with van der Waals surface area (Å²) in [5.41, 5.74) is -0.179. The Morgan fingerprint density at radius 3 is 2.29 bits per heavy atom. The lowest BCUT2D eigenvalue weighted by Crippen LogP contribution is -2.29. The van der Waals surface area contributed by atoms with Crippen LogP contribution < -0.4 is 0 Å². The van der Waals surface area contributed by atoms with E-state index in [0.717, 1.165) is 0 Å². The standard InChI is InChI=1S/C14H17NO5S/c16-11-5-8-15(9-11)21(19,20)12-3-1-10(2-4-12)14(6-7-14)13(17)18/h1-4,11,16H,5-9H2,(H,17,18)/t11-/m1/s1. The van der Waals surface area contributed by atoms with Crippen LogP contribution in [0.5, 0.6) is 0 Å². The van der Waals surface area contributed by atoms with Gasteiger partial charge in [-0.05, 0) is 37.0 Å². The topological polar surface area (TPSA) is 94.9 Å². The Bertz CT molecular complexity index is 663. The fourth-order valence-corrected chi connectivity index (χ4v) is 4.27. The number of hydrogen-bond donors (Lipinski definition) is 2. The molecule has 0 amide bonds. The summed E-state index contributed by atoms with van der Waals surface area (Å²) in [5.74, 6) is -0.860. The highest BCUT2D eigenvalue weighted by molar-refractivity contribution is 7.89. The maximum atomic E-state index is 12.4. The fraction of sp³-hybridized carbons (Fsp3) is 0.500. The Balaban J connectivity index is 1.86. The van der Waals surface area contributed by atoms with E-state index in [1.807, 2.05) is 0 Å². The van der Waals surface area contributed by atoms with Gasteiger partial charge in [0, 0.05) is 13.1 Å². The molecule has 1 aliphatic carbocycles. The molecule has 1 saturated carbocycles. The molecule has 1 saturated heterocycles. The van der Waals surface area contributed by atoms with Crippen LogP contribution in [0.15, 0.2) is 29.2 Å². The summed E-state index contributed by atoms with van der Waals surface area (Å²) in [4.78, 5) is 11.4. The van der Waals surface area contributed by atoms with Crippen LogP contribution in [0.25, 0.3) is 0 Å². The van der Waals surface area contributed by atoms with Crippen molar-refractivity contribution in [3.8, 4) is 0 Å². The number of aliphatic hydroxyl groups is 1. The lowest BCUT2D eigenvalue weighted by atomic mass is 9.96. The number of sulfonamides is 1. The van der Waals surface area contributed by atoms with Gasteiger partial charge in [-0.2, -0.15) is 4.31 Å². The fourth-order valence-electron chi connectivity index (χ4n) is 2.77. The second-order valence-corrected chi connectivity index (χ2v) is 7.66. The van der Waals surface area contributed by atoms with Crippen molar-refractivity contribution in [2.75, 3.05) is 13.1 Å². The molecular weight excluding hydrogens is 294 g/mol. The number of aliphatic hydroxyl groups excluding tert-OH is 1. The number of rotatable bonds is 4. The molecule has 114 valence electrons. The molecule has 2 fully saturated rings. The molecule has 7 heteroatoms. The molecule has 6 nitrogen and oxygen atoms in total. The van der Waals surface area contributed by atoms with Crippen molar-refractivity contribution in [2.45, 2.75) is 35.7 Å². The Kier molecular flexibility index (Phi) is 3.31. The monoisotopic (exact) mass is 311 g/mol. The molecule has 1 aromatic carbocycles. The van der Waals surface area contributed by atoms with Crippen LogP contribution in [-0.2, 0) is 20.2 Å². The number of carboxylic acids is 1. The number of β-amino-alcohol motifs (C(OH)–C–C–N with tert-alkyl or cyclic N) is 1. The zero-order chi connectivity index (χ0) is 15.3. The smallest absolute Gasteiger partial charge is 0.314 e. The minimum absolute atomic E-state index is 0.114. The summed E-state index contributed by atoms with van der Waals surface area (Å²) in [6.45, 7) is 0.424. The van der Waals surface area contributed by atoms with E-state index in [2.05, 4.69) is 0 Å². The predicted molar refractivity (Wildman–Crippen MR) is 74.4 cm³/mol. The van der Waals surface area contributed by atoms with Gasteiger partial charge in [0.25, 0.3) is 0 Å². The number of nitrogens with zero attached hydrogens (tertiary/aromatic N) is 1. The first kappa shape index (κ1) is 14.5. The lowest BCUT2D eigenvalue weighted by Gasteiger charge is -2.16. The van der Waals surface area contributed by atoms with Crippen LogP contribution in [0.3, 0.4) is 0 Å². The SMILES string of the molecule is O=C(O)C1(c2ccc(S(=O)(=O)N3CC[C@@H](O)C3)cc2)CC1. The molecule has 3 rings (SSSR count). The van der Waals surface area contributed by atoms with Crippen LogP contribution in [-0.4, -0.2) is 48.1 Å². The van der Waals surface area contributed by atoms with Crippen LogP contribution in [0, 0.1) is 0 Å². The van der Waals surface area contributed by atoms with Gasteiger partial charge in [-0.1, -0.05) is 12.1 Å². The minimum atomic E-state index is -3.61. The normalized spacial score (nSPS) is 24.9. The zero-order valence-corrected chi connectivity index (χ0v) is 12.2. The maximum Gasteiger partial charge on any atom is 0.314 e. The predicted octanol–water partition coefficient (Wildman–Crippen LogP) is 0.558. The molecule has 1 aliphatic heterocycles. The Labute approximate surface area is 123 Å². The van der Waals surface area contributed by atoms with Gasteiger partial charge >= 0.3 is 5.97 Å². The van der Waals surface area contributed by atoms with Crippen molar-refractivity contribution >= 4 is 16.0 Å². The summed E-state index contributed by atoms with van der Waals surface area (Å²) in [6, 6.07) is 6.08. The van der Waals surface area contributed by atoms with Crippen LogP contribution >= 0.6 is 0 Å². The van der Waals surface area contributed by atoms with Crippen LogP contribution in [0.4, 0.5) is 0 Å². The Hall–Kier alpha value is -1.44. The number of aliphatic carboxylic acids is 1. The van der Waals surface area contributed by atoms with E-state index in [1.165, 1.54) is 16.4 Å². The molecule has 2 aliphatic rings. The van der Waals surface area contributed by atoms with Crippen molar-refractivity contribution in [3.05, 3.63) is 29.8 Å². The van der Waals surface area contributed by atoms with Gasteiger partial charge in [-0.3, -0.25) is 4.79 Å². The third kappa shape index (κ3) is 2.35. The van der Waals surface area contributed by atoms with Gasteiger partial charge in [0.2, 0.25) is 10.0 Å². The van der Waals surface area contributed by atoms with E-state index in [1.54, 1.807) is 12.1 Å². The molecule has 0 unspecified atom stereocenters. The molecule has 2 N–H and O–H groups in total. The van der Waals surface area contributed by atoms with Crippen LogP contribution in [0.1, 0.15) is 24.8 Å². The molecule has 21 heavy (non-hydrogen) atoms. The second-order valence-electron chi connectivity index (χ2n) is 5.72. The summed E-state index contributed by atoms with van der Waals surface area (Å²) in [7, 11) is -3.61. The molecule has 0 bridgehead atoms. The van der Waals surface area contributed by atoms with Gasteiger partial charge in [-0.25, -0.2) is 8.42 Å². The van der Waals surface area contributed by atoms with E-state index in [9.17, 15) is 23.4 Å². The number of benzene rings is 1. The second kappa shape index (κ2) is 4.79. The van der Waals surface area contributed by atoms with E-state index in [0.29, 0.717) is 31.4 Å². The maximum absolute atomic E-state index is 12.4. The molecule has 0 spiro atoms. The van der Waals surface area contributed by atoms with Gasteiger partial charge < -0.3 is 10.2 Å².